The number of halogens is 2. The van der Waals surface area contributed by atoms with Crippen LogP contribution in [-0.4, -0.2) is 56.8 Å². The molecule has 1 saturated carbocycles. The lowest BCUT2D eigenvalue weighted by Crippen LogP contribution is -2.38. The van der Waals surface area contributed by atoms with Crippen LogP contribution in [0, 0.1) is 12.8 Å². The third-order valence-electron chi connectivity index (χ3n) is 7.11. The number of hydrogen-bond donors (Lipinski definition) is 1. The lowest BCUT2D eigenvalue weighted by molar-refractivity contribution is -0.0230. The topological polar surface area (TPSA) is 71.8 Å². The minimum Gasteiger partial charge on any atom is -0.464 e. The number of aromatic nitrogens is 3. The lowest BCUT2D eigenvalue weighted by Gasteiger charge is -2.32. The van der Waals surface area contributed by atoms with Gasteiger partial charge in [-0.15, -0.1) is 0 Å². The number of aryl methyl sites for hydroxylation is 1. The van der Waals surface area contributed by atoms with Crippen molar-refractivity contribution in [1.82, 2.24) is 24.6 Å². The number of carbonyl (C=O) groups excluding carboxylic acids is 1. The highest BCUT2D eigenvalue weighted by molar-refractivity contribution is 7.13. The number of thiazole rings is 1. The van der Waals surface area contributed by atoms with Crippen LogP contribution in [0.2, 0.25) is 0 Å². The van der Waals surface area contributed by atoms with E-state index in [0.717, 1.165) is 87.0 Å². The van der Waals surface area contributed by atoms with E-state index in [1.807, 2.05) is 35.9 Å². The molecule has 194 valence electrons. The first kappa shape index (κ1) is 25.1. The first-order valence-corrected chi connectivity index (χ1v) is 13.5. The van der Waals surface area contributed by atoms with E-state index in [2.05, 4.69) is 20.2 Å². The zero-order valence-electron chi connectivity index (χ0n) is 20.8. The van der Waals surface area contributed by atoms with E-state index >= 15 is 0 Å². The van der Waals surface area contributed by atoms with Crippen molar-refractivity contribution >= 4 is 22.9 Å². The van der Waals surface area contributed by atoms with Gasteiger partial charge in [-0.2, -0.15) is 0 Å². The van der Waals surface area contributed by atoms with Crippen LogP contribution in [0.15, 0.2) is 24.5 Å². The maximum atomic E-state index is 13.1. The van der Waals surface area contributed by atoms with Gasteiger partial charge in [-0.3, -0.25) is 9.69 Å². The van der Waals surface area contributed by atoms with Gasteiger partial charge in [-0.05, 0) is 70.0 Å². The Hall–Kier alpha value is -2.59. The van der Waals surface area contributed by atoms with Crippen LogP contribution in [-0.2, 0) is 13.0 Å². The molecular weight excluding hydrogens is 484 g/mol. The molecule has 5 rings (SSSR count). The molecule has 3 aromatic rings. The number of nitrogens with zero attached hydrogens (tertiary/aromatic N) is 4. The molecule has 0 atom stereocenters. The molecule has 0 aromatic carbocycles. The average Bonchev–Trinajstić information content (AvgIpc) is 3.42. The molecular formula is C26H33F2N5O2S. The summed E-state index contributed by atoms with van der Waals surface area (Å²) in [6.07, 6.45) is 10.1. The van der Waals surface area contributed by atoms with E-state index in [-0.39, 0.29) is 11.9 Å². The molecule has 10 heteroatoms. The smallest absolute Gasteiger partial charge is 0.278 e. The standard InChI is InChI=1S/C26H33F2N5O2S/c1-17-14-33-12-8-19(13-23(33)29-17)24(34)30-20-5-3-18(4-6-20)7-10-32-11-9-22-21(15-32)31-25(36-22)35-16-26(2,27)28/h8,12-14,18,20H,3-7,9-11,15-16H2,1-2H3,(H,30,34). The fraction of sp³-hybridized carbons (Fsp3) is 0.577. The first-order valence-electron chi connectivity index (χ1n) is 12.7. The summed E-state index contributed by atoms with van der Waals surface area (Å²) in [4.78, 5) is 25.2. The van der Waals surface area contributed by atoms with Crippen molar-refractivity contribution < 1.29 is 18.3 Å². The Morgan fingerprint density at radius 1 is 1.28 bits per heavy atom. The molecule has 1 aliphatic carbocycles. The molecule has 1 N–H and O–H groups in total. The molecule has 0 bridgehead atoms. The average molecular weight is 518 g/mol. The molecule has 1 amide bonds. The van der Waals surface area contributed by atoms with Crippen LogP contribution in [0.4, 0.5) is 8.78 Å². The second-order valence-electron chi connectivity index (χ2n) is 10.3. The Kier molecular flexibility index (Phi) is 7.25. The van der Waals surface area contributed by atoms with Gasteiger partial charge >= 0.3 is 0 Å². The number of imidazole rings is 1. The SMILES string of the molecule is Cc1cn2ccc(C(=O)NC3CCC(CCN4CCc5sc(OCC(C)(F)F)nc5C4)CC3)cc2n1. The Morgan fingerprint density at radius 2 is 2.08 bits per heavy atom. The minimum atomic E-state index is -2.85. The van der Waals surface area contributed by atoms with Crippen molar-refractivity contribution in [1.29, 1.82) is 0 Å². The van der Waals surface area contributed by atoms with Crippen molar-refractivity contribution in [3.63, 3.8) is 0 Å². The van der Waals surface area contributed by atoms with E-state index in [0.29, 0.717) is 16.7 Å². The molecule has 1 fully saturated rings. The van der Waals surface area contributed by atoms with Gasteiger partial charge < -0.3 is 14.5 Å². The van der Waals surface area contributed by atoms with Crippen LogP contribution in [0.5, 0.6) is 5.19 Å². The van der Waals surface area contributed by atoms with Crippen LogP contribution in [0.25, 0.3) is 5.65 Å². The molecule has 1 aliphatic heterocycles. The van der Waals surface area contributed by atoms with E-state index in [4.69, 9.17) is 4.74 Å². The summed E-state index contributed by atoms with van der Waals surface area (Å²) >= 11 is 1.40. The van der Waals surface area contributed by atoms with Crippen LogP contribution in [0.1, 0.15) is 65.7 Å². The highest BCUT2D eigenvalue weighted by Crippen LogP contribution is 2.32. The third kappa shape index (κ3) is 6.21. The molecule has 0 unspecified atom stereocenters. The Morgan fingerprint density at radius 3 is 2.86 bits per heavy atom. The summed E-state index contributed by atoms with van der Waals surface area (Å²) in [6, 6.07) is 3.90. The van der Waals surface area contributed by atoms with Gasteiger partial charge in [-0.1, -0.05) is 11.3 Å². The number of ether oxygens (including phenoxy) is 1. The van der Waals surface area contributed by atoms with Crippen molar-refractivity contribution in [3.8, 4) is 5.19 Å². The maximum absolute atomic E-state index is 13.1. The second kappa shape index (κ2) is 10.4. The number of pyridine rings is 1. The maximum Gasteiger partial charge on any atom is 0.278 e. The molecule has 4 heterocycles. The van der Waals surface area contributed by atoms with Crippen molar-refractivity contribution in [2.45, 2.75) is 70.9 Å². The molecule has 0 spiro atoms. The number of fused-ring (bicyclic) bond motifs is 2. The molecule has 0 radical (unpaired) electrons. The number of rotatable bonds is 8. The summed E-state index contributed by atoms with van der Waals surface area (Å²) in [5.74, 6) is -2.22. The summed E-state index contributed by atoms with van der Waals surface area (Å²) in [5, 5.41) is 3.56. The fourth-order valence-electron chi connectivity index (χ4n) is 5.15. The summed E-state index contributed by atoms with van der Waals surface area (Å²) in [7, 11) is 0. The first-order chi connectivity index (χ1) is 17.2. The molecule has 3 aromatic heterocycles. The highest BCUT2D eigenvalue weighted by Gasteiger charge is 2.27. The highest BCUT2D eigenvalue weighted by atomic mass is 32.1. The quantitative estimate of drug-likeness (QED) is 0.462. The summed E-state index contributed by atoms with van der Waals surface area (Å²) in [6.45, 7) is 4.88. The van der Waals surface area contributed by atoms with Gasteiger partial charge in [0.25, 0.3) is 17.0 Å². The van der Waals surface area contributed by atoms with Gasteiger partial charge in [0.05, 0.1) is 11.4 Å². The van der Waals surface area contributed by atoms with Crippen LogP contribution >= 0.6 is 11.3 Å². The molecule has 2 aliphatic rings. The normalized spacial score (nSPS) is 20.9. The number of alkyl halides is 2. The second-order valence-corrected chi connectivity index (χ2v) is 11.3. The summed E-state index contributed by atoms with van der Waals surface area (Å²) in [5.41, 5.74) is 3.34. The van der Waals surface area contributed by atoms with Gasteiger partial charge in [-0.25, -0.2) is 18.7 Å². The van der Waals surface area contributed by atoms with E-state index < -0.39 is 12.5 Å². The zero-order valence-corrected chi connectivity index (χ0v) is 21.6. The third-order valence-corrected chi connectivity index (χ3v) is 8.18. The van der Waals surface area contributed by atoms with Crippen LogP contribution < -0.4 is 10.1 Å². The van der Waals surface area contributed by atoms with E-state index in [1.54, 1.807) is 0 Å². The fourth-order valence-corrected chi connectivity index (χ4v) is 6.06. The molecule has 36 heavy (non-hydrogen) atoms. The molecule has 7 nitrogen and oxygen atoms in total. The monoisotopic (exact) mass is 517 g/mol. The van der Waals surface area contributed by atoms with Crippen molar-refractivity contribution in [2.24, 2.45) is 5.92 Å². The zero-order chi connectivity index (χ0) is 25.3. The predicted octanol–water partition coefficient (Wildman–Crippen LogP) is 4.87. The summed E-state index contributed by atoms with van der Waals surface area (Å²) < 4.78 is 33.3. The number of amides is 1. The Bertz CT molecular complexity index is 1210. The van der Waals surface area contributed by atoms with Gasteiger partial charge in [0.2, 0.25) is 0 Å². The number of carbonyl (C=O) groups is 1. The van der Waals surface area contributed by atoms with Crippen molar-refractivity contribution in [2.75, 3.05) is 19.7 Å². The largest absolute Gasteiger partial charge is 0.464 e. The van der Waals surface area contributed by atoms with E-state index in [9.17, 15) is 13.6 Å². The van der Waals surface area contributed by atoms with Gasteiger partial charge in [0.1, 0.15) is 5.65 Å². The van der Waals surface area contributed by atoms with E-state index in [1.165, 1.54) is 11.3 Å². The van der Waals surface area contributed by atoms with Gasteiger partial charge in [0, 0.05) is 48.9 Å². The minimum absolute atomic E-state index is 0.0278. The number of nitrogens with one attached hydrogen (secondary N) is 1. The number of hydrogen-bond acceptors (Lipinski definition) is 6. The Balaban J connectivity index is 1.04. The lowest BCUT2D eigenvalue weighted by atomic mass is 9.84. The molecule has 0 saturated heterocycles. The predicted molar refractivity (Wildman–Crippen MR) is 135 cm³/mol. The van der Waals surface area contributed by atoms with Crippen LogP contribution in [0.3, 0.4) is 0 Å². The Labute approximate surface area is 213 Å². The van der Waals surface area contributed by atoms with Crippen molar-refractivity contribution in [3.05, 3.63) is 46.4 Å². The van der Waals surface area contributed by atoms with Gasteiger partial charge in [0.15, 0.2) is 6.61 Å².